The molecule has 1 amide bonds. The number of nitrogens with two attached hydrogens (primary N) is 1. The number of rotatable bonds is 7. The van der Waals surface area contributed by atoms with Gasteiger partial charge in [-0.15, -0.1) is 12.4 Å². The molecule has 0 aliphatic rings. The number of alkyl halides is 2. The summed E-state index contributed by atoms with van der Waals surface area (Å²) in [6.07, 6.45) is 0. The molecule has 0 spiro atoms. The van der Waals surface area contributed by atoms with Gasteiger partial charge in [0, 0.05) is 23.7 Å². The molecule has 5 nitrogen and oxygen atoms in total. The fourth-order valence-corrected chi connectivity index (χ4v) is 1.87. The number of methoxy groups -OCH3 is 1. The molecule has 0 bridgehead atoms. The zero-order valence-corrected chi connectivity index (χ0v) is 13.5. The molecule has 0 saturated heterocycles. The summed E-state index contributed by atoms with van der Waals surface area (Å²) in [5, 5.41) is 2.53. The number of benzene rings is 1. The summed E-state index contributed by atoms with van der Waals surface area (Å²) in [7, 11) is 1.43. The summed E-state index contributed by atoms with van der Waals surface area (Å²) < 4.78 is 34.4. The number of ether oxygens (including phenoxy) is 2. The predicted molar refractivity (Wildman–Crippen MR) is 79.7 cm³/mol. The van der Waals surface area contributed by atoms with Gasteiger partial charge in [-0.25, -0.2) is 0 Å². The Hall–Kier alpha value is -0.960. The molecule has 1 atom stereocenters. The van der Waals surface area contributed by atoms with Crippen LogP contribution in [0, 0.1) is 0 Å². The molecular formula is C12H16BrClF2N2O3. The maximum absolute atomic E-state index is 12.3. The standard InChI is InChI=1S/C12H15BrF2N2O3.ClH/c1-19-6-9(16)11(18)17-5-7-4-8(13)2-3-10(7)20-12(14)15;/h2-4,9,12H,5-6,16H2,1H3,(H,17,18);1H. The molecular weight excluding hydrogens is 373 g/mol. The van der Waals surface area contributed by atoms with E-state index < -0.39 is 18.6 Å². The smallest absolute Gasteiger partial charge is 0.387 e. The SMILES string of the molecule is COCC(N)C(=O)NCc1cc(Br)ccc1OC(F)F.Cl. The molecule has 120 valence electrons. The van der Waals surface area contributed by atoms with Crippen LogP contribution in [0.25, 0.3) is 0 Å². The Bertz CT molecular complexity index is 466. The molecule has 21 heavy (non-hydrogen) atoms. The number of hydrogen-bond acceptors (Lipinski definition) is 4. The van der Waals surface area contributed by atoms with Crippen LogP contribution in [0.3, 0.4) is 0 Å². The first-order valence-corrected chi connectivity index (χ1v) is 6.48. The highest BCUT2D eigenvalue weighted by molar-refractivity contribution is 9.10. The van der Waals surface area contributed by atoms with Gasteiger partial charge in [-0.3, -0.25) is 4.79 Å². The second-order valence-corrected chi connectivity index (χ2v) is 4.83. The second kappa shape index (κ2) is 9.88. The fourth-order valence-electron chi connectivity index (χ4n) is 1.47. The van der Waals surface area contributed by atoms with E-state index in [0.717, 1.165) is 0 Å². The Balaban J connectivity index is 0.00000400. The third-order valence-corrected chi connectivity index (χ3v) is 2.87. The lowest BCUT2D eigenvalue weighted by Gasteiger charge is -2.14. The summed E-state index contributed by atoms with van der Waals surface area (Å²) in [6.45, 7) is -2.83. The number of halogens is 4. The van der Waals surface area contributed by atoms with E-state index in [1.54, 1.807) is 12.1 Å². The van der Waals surface area contributed by atoms with Crippen LogP contribution in [-0.2, 0) is 16.1 Å². The summed E-state index contributed by atoms with van der Waals surface area (Å²) >= 11 is 3.22. The molecule has 0 heterocycles. The molecule has 0 aliphatic heterocycles. The highest BCUT2D eigenvalue weighted by Crippen LogP contribution is 2.24. The van der Waals surface area contributed by atoms with E-state index >= 15 is 0 Å². The zero-order valence-electron chi connectivity index (χ0n) is 11.1. The maximum atomic E-state index is 12.3. The van der Waals surface area contributed by atoms with Crippen molar-refractivity contribution in [3.63, 3.8) is 0 Å². The third-order valence-electron chi connectivity index (χ3n) is 2.37. The maximum Gasteiger partial charge on any atom is 0.387 e. The highest BCUT2D eigenvalue weighted by Gasteiger charge is 2.15. The van der Waals surface area contributed by atoms with Gasteiger partial charge in [0.05, 0.1) is 6.61 Å². The van der Waals surface area contributed by atoms with Crippen molar-refractivity contribution in [1.82, 2.24) is 5.32 Å². The summed E-state index contributed by atoms with van der Waals surface area (Å²) in [5.74, 6) is -0.432. The number of carbonyl (C=O) groups excluding carboxylic acids is 1. The minimum absolute atomic E-state index is 0. The van der Waals surface area contributed by atoms with Crippen LogP contribution in [0.5, 0.6) is 5.75 Å². The zero-order chi connectivity index (χ0) is 15.1. The van der Waals surface area contributed by atoms with Gasteiger partial charge in [0.1, 0.15) is 11.8 Å². The first-order chi connectivity index (χ1) is 9.43. The minimum atomic E-state index is -2.93. The van der Waals surface area contributed by atoms with E-state index in [1.807, 2.05) is 0 Å². The minimum Gasteiger partial charge on any atom is -0.434 e. The Morgan fingerprint density at radius 3 is 2.71 bits per heavy atom. The number of nitrogens with one attached hydrogen (secondary N) is 1. The molecule has 0 fully saturated rings. The lowest BCUT2D eigenvalue weighted by atomic mass is 10.2. The van der Waals surface area contributed by atoms with Crippen molar-refractivity contribution < 1.29 is 23.0 Å². The molecule has 3 N–H and O–H groups in total. The third kappa shape index (κ3) is 7.03. The van der Waals surface area contributed by atoms with E-state index in [1.165, 1.54) is 13.2 Å². The first kappa shape index (κ1) is 20.0. The van der Waals surface area contributed by atoms with Crippen molar-refractivity contribution in [2.45, 2.75) is 19.2 Å². The Morgan fingerprint density at radius 1 is 1.48 bits per heavy atom. The molecule has 1 aromatic carbocycles. The van der Waals surface area contributed by atoms with Gasteiger partial charge in [-0.2, -0.15) is 8.78 Å². The molecule has 0 aliphatic carbocycles. The van der Waals surface area contributed by atoms with Crippen LogP contribution in [0.15, 0.2) is 22.7 Å². The van der Waals surface area contributed by atoms with Gasteiger partial charge >= 0.3 is 6.61 Å². The second-order valence-electron chi connectivity index (χ2n) is 3.91. The summed E-state index contributed by atoms with van der Waals surface area (Å²) in [4.78, 5) is 11.6. The van der Waals surface area contributed by atoms with E-state index in [-0.39, 0.29) is 31.3 Å². The van der Waals surface area contributed by atoms with Crippen molar-refractivity contribution in [1.29, 1.82) is 0 Å². The van der Waals surface area contributed by atoms with Gasteiger partial charge in [0.2, 0.25) is 5.91 Å². The van der Waals surface area contributed by atoms with Crippen LogP contribution >= 0.6 is 28.3 Å². The monoisotopic (exact) mass is 388 g/mol. The van der Waals surface area contributed by atoms with Gasteiger partial charge in [-0.1, -0.05) is 15.9 Å². The van der Waals surface area contributed by atoms with Crippen LogP contribution < -0.4 is 15.8 Å². The number of carbonyl (C=O) groups is 1. The molecule has 0 saturated carbocycles. The van der Waals surface area contributed by atoms with Gasteiger partial charge in [0.25, 0.3) is 0 Å². The molecule has 1 rings (SSSR count). The quantitative estimate of drug-likeness (QED) is 0.749. The normalized spacial score (nSPS) is 11.7. The van der Waals surface area contributed by atoms with Crippen LogP contribution in [0.4, 0.5) is 8.78 Å². The lowest BCUT2D eigenvalue weighted by Crippen LogP contribution is -2.43. The topological polar surface area (TPSA) is 73.6 Å². The van der Waals surface area contributed by atoms with E-state index in [4.69, 9.17) is 10.5 Å². The van der Waals surface area contributed by atoms with Crippen molar-refractivity contribution in [2.24, 2.45) is 5.73 Å². The lowest BCUT2D eigenvalue weighted by molar-refractivity contribution is -0.123. The first-order valence-electron chi connectivity index (χ1n) is 5.69. The molecule has 1 aromatic rings. The molecule has 9 heteroatoms. The van der Waals surface area contributed by atoms with Gasteiger partial charge < -0.3 is 20.5 Å². The van der Waals surface area contributed by atoms with Crippen LogP contribution in [-0.4, -0.2) is 32.3 Å². The number of hydrogen-bond donors (Lipinski definition) is 2. The Labute approximate surface area is 135 Å². The summed E-state index contributed by atoms with van der Waals surface area (Å²) in [5.41, 5.74) is 5.96. The Morgan fingerprint density at radius 2 is 2.14 bits per heavy atom. The van der Waals surface area contributed by atoms with Gasteiger partial charge in [-0.05, 0) is 18.2 Å². The van der Waals surface area contributed by atoms with Crippen molar-refractivity contribution in [3.8, 4) is 5.75 Å². The molecule has 1 unspecified atom stereocenters. The van der Waals surface area contributed by atoms with Crippen LogP contribution in [0.1, 0.15) is 5.56 Å². The Kier molecular flexibility index (Phi) is 9.43. The van der Waals surface area contributed by atoms with Crippen molar-refractivity contribution >= 4 is 34.2 Å². The van der Waals surface area contributed by atoms with Crippen LogP contribution in [0.2, 0.25) is 0 Å². The average molecular weight is 390 g/mol. The van der Waals surface area contributed by atoms with E-state index in [2.05, 4.69) is 26.0 Å². The van der Waals surface area contributed by atoms with Crippen molar-refractivity contribution in [3.05, 3.63) is 28.2 Å². The van der Waals surface area contributed by atoms with E-state index in [9.17, 15) is 13.6 Å². The molecule has 0 aromatic heterocycles. The average Bonchev–Trinajstić information content (AvgIpc) is 2.38. The van der Waals surface area contributed by atoms with Gasteiger partial charge in [0.15, 0.2) is 0 Å². The van der Waals surface area contributed by atoms with E-state index in [0.29, 0.717) is 10.0 Å². The fraction of sp³-hybridized carbons (Fsp3) is 0.417. The summed E-state index contributed by atoms with van der Waals surface area (Å²) in [6, 6.07) is 3.73. The number of amides is 1. The van der Waals surface area contributed by atoms with Crippen molar-refractivity contribution in [2.75, 3.05) is 13.7 Å². The largest absolute Gasteiger partial charge is 0.434 e. The molecule has 0 radical (unpaired) electrons. The highest BCUT2D eigenvalue weighted by atomic mass is 79.9. The predicted octanol–water partition coefficient (Wildman–Crippen LogP) is 2.06.